The zero-order chi connectivity index (χ0) is 13.8. The Morgan fingerprint density at radius 1 is 1.50 bits per heavy atom. The molecule has 0 aliphatic rings. The van der Waals surface area contributed by atoms with Gasteiger partial charge in [-0.2, -0.15) is 0 Å². The summed E-state index contributed by atoms with van der Waals surface area (Å²) in [5.74, 6) is -0.371. The highest BCUT2D eigenvalue weighted by atomic mass is 79.9. The molecule has 0 fully saturated rings. The van der Waals surface area contributed by atoms with Gasteiger partial charge < -0.3 is 11.1 Å². The molecule has 100 valence electrons. The van der Waals surface area contributed by atoms with E-state index in [4.69, 9.17) is 5.73 Å². The fraction of sp³-hybridized carbons (Fsp3) is 0.462. The smallest absolute Gasteiger partial charge is 0.221 e. The normalized spacial score (nSPS) is 11.4. The lowest BCUT2D eigenvalue weighted by molar-refractivity contribution is -0.121. The molecule has 1 aromatic carbocycles. The third kappa shape index (κ3) is 5.60. The monoisotopic (exact) mass is 316 g/mol. The van der Waals surface area contributed by atoms with Crippen LogP contribution < -0.4 is 11.1 Å². The molecule has 3 N–H and O–H groups in total. The average molecular weight is 317 g/mol. The van der Waals surface area contributed by atoms with E-state index in [1.165, 1.54) is 6.07 Å². The standard InChI is InChI=1S/C13H18BrFN2O/c1-13(2,16)8-12(18)17-6-5-9-7-10(14)3-4-11(9)15/h3-4,7H,5-6,8,16H2,1-2H3,(H,17,18). The first-order chi connectivity index (χ1) is 8.28. The molecule has 1 aromatic rings. The summed E-state index contributed by atoms with van der Waals surface area (Å²) in [7, 11) is 0. The van der Waals surface area contributed by atoms with Crippen molar-refractivity contribution >= 4 is 21.8 Å². The summed E-state index contributed by atoms with van der Waals surface area (Å²) < 4.78 is 14.2. The summed E-state index contributed by atoms with van der Waals surface area (Å²) >= 11 is 3.29. The Kier molecular flexibility index (Phi) is 5.28. The highest BCUT2D eigenvalue weighted by molar-refractivity contribution is 9.10. The molecule has 0 aromatic heterocycles. The number of nitrogens with one attached hydrogen (secondary N) is 1. The minimum absolute atomic E-state index is 0.113. The molecule has 0 saturated heterocycles. The first-order valence-electron chi connectivity index (χ1n) is 5.77. The molecule has 0 spiro atoms. The molecule has 0 heterocycles. The first kappa shape index (κ1) is 15.1. The number of hydrogen-bond acceptors (Lipinski definition) is 2. The molecule has 0 bridgehead atoms. The van der Waals surface area contributed by atoms with Crippen molar-refractivity contribution in [1.82, 2.24) is 5.32 Å². The van der Waals surface area contributed by atoms with Gasteiger partial charge >= 0.3 is 0 Å². The second-order valence-corrected chi connectivity index (χ2v) is 5.92. The Morgan fingerprint density at radius 2 is 2.17 bits per heavy atom. The van der Waals surface area contributed by atoms with Gasteiger partial charge in [-0.1, -0.05) is 15.9 Å². The molecule has 0 atom stereocenters. The van der Waals surface area contributed by atoms with E-state index in [1.807, 2.05) is 0 Å². The Morgan fingerprint density at radius 3 is 2.78 bits per heavy atom. The van der Waals surface area contributed by atoms with Crippen LogP contribution in [-0.2, 0) is 11.2 Å². The van der Waals surface area contributed by atoms with Gasteiger partial charge in [-0.05, 0) is 44.0 Å². The first-order valence-corrected chi connectivity index (χ1v) is 6.57. The maximum Gasteiger partial charge on any atom is 0.221 e. The van der Waals surface area contributed by atoms with Crippen molar-refractivity contribution in [2.24, 2.45) is 5.73 Å². The van der Waals surface area contributed by atoms with Crippen molar-refractivity contribution in [3.8, 4) is 0 Å². The van der Waals surface area contributed by atoms with Crippen LogP contribution in [-0.4, -0.2) is 18.0 Å². The highest BCUT2D eigenvalue weighted by Crippen LogP contribution is 2.15. The van der Waals surface area contributed by atoms with Crippen molar-refractivity contribution in [2.75, 3.05) is 6.54 Å². The largest absolute Gasteiger partial charge is 0.356 e. The third-order valence-corrected chi connectivity index (χ3v) is 2.83. The summed E-state index contributed by atoms with van der Waals surface area (Å²) in [5, 5.41) is 2.73. The molecule has 0 unspecified atom stereocenters. The summed E-state index contributed by atoms with van der Waals surface area (Å²) in [4.78, 5) is 11.5. The van der Waals surface area contributed by atoms with Gasteiger partial charge in [0.25, 0.3) is 0 Å². The van der Waals surface area contributed by atoms with E-state index in [2.05, 4.69) is 21.2 Å². The van der Waals surface area contributed by atoms with Gasteiger partial charge in [-0.25, -0.2) is 4.39 Å². The molecule has 0 saturated carbocycles. The lowest BCUT2D eigenvalue weighted by Crippen LogP contribution is -2.39. The van der Waals surface area contributed by atoms with Crippen LogP contribution in [0.1, 0.15) is 25.8 Å². The summed E-state index contributed by atoms with van der Waals surface area (Å²) in [6, 6.07) is 4.77. The van der Waals surface area contributed by atoms with Crippen LogP contribution in [0.4, 0.5) is 4.39 Å². The Balaban J connectivity index is 2.42. The van der Waals surface area contributed by atoms with Crippen molar-refractivity contribution in [3.63, 3.8) is 0 Å². The molecule has 18 heavy (non-hydrogen) atoms. The topological polar surface area (TPSA) is 55.1 Å². The number of benzene rings is 1. The second-order valence-electron chi connectivity index (χ2n) is 5.00. The predicted octanol–water partition coefficient (Wildman–Crippen LogP) is 2.37. The number of halogens is 2. The Hall–Kier alpha value is -0.940. The molecule has 1 amide bonds. The van der Waals surface area contributed by atoms with E-state index in [0.717, 1.165) is 4.47 Å². The lowest BCUT2D eigenvalue weighted by atomic mass is 10.0. The predicted molar refractivity (Wildman–Crippen MR) is 73.7 cm³/mol. The van der Waals surface area contributed by atoms with Crippen LogP contribution in [0.3, 0.4) is 0 Å². The minimum atomic E-state index is -0.523. The highest BCUT2D eigenvalue weighted by Gasteiger charge is 2.15. The SMILES string of the molecule is CC(C)(N)CC(=O)NCCc1cc(Br)ccc1F. The van der Waals surface area contributed by atoms with Gasteiger partial charge in [0.15, 0.2) is 0 Å². The van der Waals surface area contributed by atoms with Crippen LogP contribution in [0.15, 0.2) is 22.7 Å². The fourth-order valence-electron chi connectivity index (χ4n) is 1.55. The van der Waals surface area contributed by atoms with E-state index in [0.29, 0.717) is 18.5 Å². The van der Waals surface area contributed by atoms with Gasteiger partial charge in [-0.15, -0.1) is 0 Å². The van der Waals surface area contributed by atoms with Gasteiger partial charge in [-0.3, -0.25) is 4.79 Å². The summed E-state index contributed by atoms with van der Waals surface area (Å²) in [5.41, 5.74) is 5.79. The van der Waals surface area contributed by atoms with Crippen molar-refractivity contribution in [1.29, 1.82) is 0 Å². The van der Waals surface area contributed by atoms with Crippen LogP contribution in [0.2, 0.25) is 0 Å². The quantitative estimate of drug-likeness (QED) is 0.876. The van der Waals surface area contributed by atoms with Crippen LogP contribution in [0.25, 0.3) is 0 Å². The summed E-state index contributed by atoms with van der Waals surface area (Å²) in [6.45, 7) is 3.99. The molecule has 5 heteroatoms. The average Bonchev–Trinajstić information content (AvgIpc) is 2.20. The molecule has 0 aliphatic heterocycles. The van der Waals surface area contributed by atoms with Crippen LogP contribution in [0.5, 0.6) is 0 Å². The van der Waals surface area contributed by atoms with E-state index in [9.17, 15) is 9.18 Å². The van der Waals surface area contributed by atoms with E-state index in [1.54, 1.807) is 26.0 Å². The molecule has 3 nitrogen and oxygen atoms in total. The molecule has 0 radical (unpaired) electrons. The fourth-order valence-corrected chi connectivity index (χ4v) is 1.96. The number of hydrogen-bond donors (Lipinski definition) is 2. The van der Waals surface area contributed by atoms with Crippen LogP contribution >= 0.6 is 15.9 Å². The Labute approximate surface area is 115 Å². The van der Waals surface area contributed by atoms with Gasteiger partial charge in [0.05, 0.1) is 0 Å². The van der Waals surface area contributed by atoms with Crippen molar-refractivity contribution < 1.29 is 9.18 Å². The number of nitrogens with two attached hydrogens (primary N) is 1. The maximum atomic E-state index is 13.4. The lowest BCUT2D eigenvalue weighted by Gasteiger charge is -2.17. The number of rotatable bonds is 5. The second kappa shape index (κ2) is 6.29. The van der Waals surface area contributed by atoms with Gasteiger partial charge in [0, 0.05) is 23.0 Å². The number of carbonyl (C=O) groups excluding carboxylic acids is 1. The zero-order valence-electron chi connectivity index (χ0n) is 10.6. The number of amides is 1. The van der Waals surface area contributed by atoms with Gasteiger partial charge in [0.2, 0.25) is 5.91 Å². The molecular weight excluding hydrogens is 299 g/mol. The molecule has 1 rings (SSSR count). The minimum Gasteiger partial charge on any atom is -0.356 e. The summed E-state index contributed by atoms with van der Waals surface area (Å²) in [6.07, 6.45) is 0.718. The maximum absolute atomic E-state index is 13.4. The third-order valence-electron chi connectivity index (χ3n) is 2.34. The van der Waals surface area contributed by atoms with Crippen molar-refractivity contribution in [3.05, 3.63) is 34.1 Å². The van der Waals surface area contributed by atoms with Gasteiger partial charge in [0.1, 0.15) is 5.82 Å². The number of carbonyl (C=O) groups is 1. The molecule has 0 aliphatic carbocycles. The van der Waals surface area contributed by atoms with E-state index < -0.39 is 5.54 Å². The van der Waals surface area contributed by atoms with E-state index >= 15 is 0 Å². The van der Waals surface area contributed by atoms with Crippen LogP contribution in [0, 0.1) is 5.82 Å². The van der Waals surface area contributed by atoms with E-state index in [-0.39, 0.29) is 18.1 Å². The zero-order valence-corrected chi connectivity index (χ0v) is 12.2. The molecular formula is C13H18BrFN2O. The van der Waals surface area contributed by atoms with Crippen molar-refractivity contribution in [2.45, 2.75) is 32.2 Å². The Bertz CT molecular complexity index is 429.